The minimum Gasteiger partial charge on any atom is -0.445 e. The molecule has 3 aliphatic rings. The first-order valence-electron chi connectivity index (χ1n) is 16.6. The maximum absolute atomic E-state index is 15.1. The van der Waals surface area contributed by atoms with Gasteiger partial charge in [-0.3, -0.25) is 24.4 Å². The summed E-state index contributed by atoms with van der Waals surface area (Å²) in [5.74, 6) is -4.54. The molecule has 52 heavy (non-hydrogen) atoms. The molecule has 1 saturated carbocycles. The van der Waals surface area contributed by atoms with E-state index in [0.717, 1.165) is 9.80 Å². The summed E-state index contributed by atoms with van der Waals surface area (Å²) >= 11 is 0. The number of carbonyl (C=O) groups excluding carboxylic acids is 3. The smallest absolute Gasteiger partial charge is 0.410 e. The van der Waals surface area contributed by atoms with Gasteiger partial charge in [-0.1, -0.05) is 55.8 Å². The van der Waals surface area contributed by atoms with Crippen molar-refractivity contribution in [2.75, 3.05) is 25.1 Å². The zero-order chi connectivity index (χ0) is 37.6. The quantitative estimate of drug-likeness (QED) is 0.205. The molecule has 0 N–H and O–H groups in total. The van der Waals surface area contributed by atoms with Crippen molar-refractivity contribution in [1.29, 1.82) is 0 Å². The number of nitrogens with zero attached hydrogens (tertiary/aromatic N) is 4. The van der Waals surface area contributed by atoms with Gasteiger partial charge in [0, 0.05) is 69.0 Å². The largest absolute Gasteiger partial charge is 0.445 e. The fourth-order valence-corrected chi connectivity index (χ4v) is 8.02. The van der Waals surface area contributed by atoms with Gasteiger partial charge in [-0.2, -0.15) is 0 Å². The first-order chi connectivity index (χ1) is 24.3. The molecule has 282 valence electrons. The number of pyridine rings is 1. The SMILES string of the molecule is CO[C@@H]1C[C@H](C(=O)N(c2ccc(S(F)(F)(F)(F)F)cc2)C2(c3cccnc3)CCN(C3CCC(F)(F)CC3)C2=O)N(C(=O)OCc2ccccc2)C1. The number of ether oxygens (including phenoxy) is 2. The predicted octanol–water partition coefficient (Wildman–Crippen LogP) is 8.20. The van der Waals surface area contributed by atoms with Crippen LogP contribution in [0.15, 0.2) is 84.0 Å². The van der Waals surface area contributed by atoms with Gasteiger partial charge in [-0.05, 0) is 48.7 Å². The van der Waals surface area contributed by atoms with E-state index in [1.807, 2.05) is 0 Å². The maximum atomic E-state index is 15.1. The summed E-state index contributed by atoms with van der Waals surface area (Å²) in [5, 5.41) is 0. The van der Waals surface area contributed by atoms with Crippen LogP contribution >= 0.6 is 10.2 Å². The molecule has 9 nitrogen and oxygen atoms in total. The van der Waals surface area contributed by atoms with Crippen LogP contribution in [0.5, 0.6) is 0 Å². The molecule has 3 amide bonds. The second-order valence-corrected chi connectivity index (χ2v) is 15.8. The Kier molecular flexibility index (Phi) is 9.30. The third-order valence-corrected chi connectivity index (χ3v) is 11.2. The van der Waals surface area contributed by atoms with Crippen molar-refractivity contribution in [3.05, 3.63) is 90.3 Å². The topological polar surface area (TPSA) is 92.3 Å². The Hall–Kier alpha value is -4.38. The zero-order valence-corrected chi connectivity index (χ0v) is 28.8. The number of likely N-dealkylation sites (tertiary alicyclic amines) is 2. The third kappa shape index (κ3) is 7.42. The van der Waals surface area contributed by atoms with Gasteiger partial charge in [-0.15, -0.1) is 0 Å². The van der Waals surface area contributed by atoms with Gasteiger partial charge in [0.2, 0.25) is 5.92 Å². The first kappa shape index (κ1) is 37.4. The summed E-state index contributed by atoms with van der Waals surface area (Å²) < 4.78 is 109. The number of methoxy groups -OCH3 is 1. The van der Waals surface area contributed by atoms with Crippen molar-refractivity contribution < 1.29 is 52.1 Å². The summed E-state index contributed by atoms with van der Waals surface area (Å²) in [5.41, 5.74) is -1.57. The van der Waals surface area contributed by atoms with E-state index in [0.29, 0.717) is 17.7 Å². The van der Waals surface area contributed by atoms with Gasteiger partial charge in [-0.25, -0.2) is 13.6 Å². The molecule has 0 radical (unpaired) electrons. The van der Waals surface area contributed by atoms with E-state index in [2.05, 4.69) is 4.98 Å². The Morgan fingerprint density at radius 2 is 1.62 bits per heavy atom. The van der Waals surface area contributed by atoms with Gasteiger partial charge in [0.25, 0.3) is 11.8 Å². The van der Waals surface area contributed by atoms with E-state index in [4.69, 9.17) is 9.47 Å². The lowest BCUT2D eigenvalue weighted by Gasteiger charge is -2.44. The number of rotatable bonds is 9. The van der Waals surface area contributed by atoms with Crippen LogP contribution in [0.2, 0.25) is 0 Å². The number of aromatic nitrogens is 1. The molecule has 2 saturated heterocycles. The lowest BCUT2D eigenvalue weighted by molar-refractivity contribution is -0.139. The van der Waals surface area contributed by atoms with Crippen molar-refractivity contribution in [3.63, 3.8) is 0 Å². The molecule has 3 heterocycles. The molecule has 1 aliphatic carbocycles. The van der Waals surface area contributed by atoms with Gasteiger partial charge < -0.3 is 14.4 Å². The summed E-state index contributed by atoms with van der Waals surface area (Å²) in [6, 6.07) is 11.3. The molecule has 1 unspecified atom stereocenters. The molecular formula is C35H37F7N4O5S. The molecule has 17 heteroatoms. The van der Waals surface area contributed by atoms with Crippen LogP contribution in [-0.4, -0.2) is 77.0 Å². The van der Waals surface area contributed by atoms with E-state index in [9.17, 15) is 37.8 Å². The van der Waals surface area contributed by atoms with Gasteiger partial charge in [0.15, 0.2) is 5.54 Å². The molecule has 6 rings (SSSR count). The van der Waals surface area contributed by atoms with E-state index in [-0.39, 0.29) is 68.8 Å². The molecule has 0 spiro atoms. The standard InChI is InChI=1S/C35H37F7N4O5S/c1-50-28-20-30(45(22-28)33(49)51-23-24-6-3-2-4-7-24)31(47)46(27-9-11-29(12-10-27)52(38,39,40,41)42)35(25-8-5-18-43-21-25)17-19-44(32(35)48)26-13-15-34(36,37)16-14-26/h2-12,18,21,26,28,30H,13-17,19-20,22-23H2,1H3/t28-,30-,35?/m1/s1. The van der Waals surface area contributed by atoms with Crippen LogP contribution in [0.3, 0.4) is 0 Å². The van der Waals surface area contributed by atoms with Crippen molar-refractivity contribution in [3.8, 4) is 0 Å². The van der Waals surface area contributed by atoms with E-state index >= 15 is 4.79 Å². The van der Waals surface area contributed by atoms with Crippen molar-refractivity contribution in [1.82, 2.24) is 14.8 Å². The fraction of sp³-hybridized carbons (Fsp3) is 0.429. The van der Waals surface area contributed by atoms with Crippen LogP contribution < -0.4 is 4.90 Å². The van der Waals surface area contributed by atoms with Crippen LogP contribution in [0.1, 0.15) is 49.7 Å². The highest BCUT2D eigenvalue weighted by Crippen LogP contribution is 3.02. The van der Waals surface area contributed by atoms with E-state index in [1.165, 1.54) is 36.5 Å². The number of halogens is 7. The summed E-state index contributed by atoms with van der Waals surface area (Å²) in [6.07, 6.45) is -0.161. The highest BCUT2D eigenvalue weighted by molar-refractivity contribution is 8.45. The van der Waals surface area contributed by atoms with Crippen molar-refractivity contribution in [2.24, 2.45) is 0 Å². The highest BCUT2D eigenvalue weighted by Gasteiger charge is 2.65. The summed E-state index contributed by atoms with van der Waals surface area (Å²) in [7, 11) is -8.79. The number of hydrogen-bond donors (Lipinski definition) is 0. The Bertz CT molecular complexity index is 1800. The van der Waals surface area contributed by atoms with Crippen LogP contribution in [-0.2, 0) is 31.2 Å². The average molecular weight is 759 g/mol. The average Bonchev–Trinajstić information content (AvgIpc) is 3.70. The number of carbonyl (C=O) groups is 3. The van der Waals surface area contributed by atoms with E-state index in [1.54, 1.807) is 30.3 Å². The van der Waals surface area contributed by atoms with Gasteiger partial charge in [0.1, 0.15) is 17.5 Å². The summed E-state index contributed by atoms with van der Waals surface area (Å²) in [6.45, 7) is -0.291. The zero-order valence-electron chi connectivity index (χ0n) is 28.0. The third-order valence-electron chi connectivity index (χ3n) is 10.1. The lowest BCUT2D eigenvalue weighted by Crippen LogP contribution is -2.60. The molecule has 1 aromatic heterocycles. The number of anilines is 1. The van der Waals surface area contributed by atoms with E-state index < -0.39 is 75.5 Å². The van der Waals surface area contributed by atoms with Crippen molar-refractivity contribution in [2.45, 2.75) is 79.7 Å². The molecule has 3 atom stereocenters. The Morgan fingerprint density at radius 3 is 2.21 bits per heavy atom. The number of benzene rings is 2. The Labute approximate surface area is 295 Å². The Morgan fingerprint density at radius 1 is 0.942 bits per heavy atom. The fourth-order valence-electron chi connectivity index (χ4n) is 7.37. The van der Waals surface area contributed by atoms with Crippen LogP contribution in [0.4, 0.5) is 38.7 Å². The summed E-state index contributed by atoms with van der Waals surface area (Å²) in [4.78, 5) is 48.8. The number of hydrogen-bond acceptors (Lipinski definition) is 6. The van der Waals surface area contributed by atoms with Gasteiger partial charge in [0.05, 0.1) is 12.6 Å². The van der Waals surface area contributed by atoms with Crippen LogP contribution in [0.25, 0.3) is 0 Å². The Balaban J connectivity index is 1.45. The normalized spacial score (nSPS) is 25.0. The molecular weight excluding hydrogens is 721 g/mol. The van der Waals surface area contributed by atoms with Gasteiger partial charge >= 0.3 is 16.3 Å². The molecule has 3 aromatic rings. The lowest BCUT2D eigenvalue weighted by atomic mass is 9.85. The number of alkyl halides is 2. The van der Waals surface area contributed by atoms with Crippen LogP contribution in [0, 0.1) is 0 Å². The second-order valence-electron chi connectivity index (χ2n) is 13.4. The second kappa shape index (κ2) is 12.9. The minimum absolute atomic E-state index is 0.0223. The molecule has 3 fully saturated rings. The molecule has 0 bridgehead atoms. The first-order valence-corrected chi connectivity index (χ1v) is 18.6. The molecule has 2 aromatic carbocycles. The minimum atomic E-state index is -10.2. The maximum Gasteiger partial charge on any atom is 0.410 e. The van der Waals surface area contributed by atoms with Crippen molar-refractivity contribution >= 4 is 33.8 Å². The molecule has 2 aliphatic heterocycles. The monoisotopic (exact) mass is 758 g/mol. The highest BCUT2D eigenvalue weighted by atomic mass is 32.5. The predicted molar refractivity (Wildman–Crippen MR) is 177 cm³/mol. The number of amides is 3.